The first-order valence-electron chi connectivity index (χ1n) is 43.6. The lowest BCUT2D eigenvalue weighted by Gasteiger charge is -2.14. The van der Waals surface area contributed by atoms with Gasteiger partial charge in [0.05, 0.1) is 76.9 Å². The van der Waals surface area contributed by atoms with E-state index in [9.17, 15) is 63.1 Å². The zero-order valence-corrected chi connectivity index (χ0v) is 78.7. The minimum Gasteiger partial charge on any atom is -0.480 e. The first-order valence-corrected chi connectivity index (χ1v) is 49.5. The largest absolute Gasteiger partial charge is 0.480 e. The molecule has 0 saturated heterocycles. The van der Waals surface area contributed by atoms with E-state index >= 15 is 0 Å². The number of carbonyl (C=O) groups excluding carboxylic acids is 2. The van der Waals surface area contributed by atoms with Crippen LogP contribution in [-0.2, 0) is 120 Å². The summed E-state index contributed by atoms with van der Waals surface area (Å²) < 4.78 is 125. The zero-order valence-electron chi connectivity index (χ0n) is 75.5. The Morgan fingerprint density at radius 1 is 0.294 bits per heavy atom. The molecule has 0 radical (unpaired) electrons. The number of aromatic nitrogens is 4. The van der Waals surface area contributed by atoms with Gasteiger partial charge >= 0.3 is 23.9 Å². The molecule has 0 aliphatic rings. The predicted molar refractivity (Wildman–Crippen MR) is 524 cm³/mol. The van der Waals surface area contributed by atoms with Crippen LogP contribution in [0, 0.1) is 40.8 Å². The molecule has 0 atom stereocenters. The molecular weight excluding hydrogens is 1790 g/mol. The van der Waals surface area contributed by atoms with Crippen LogP contribution in [-0.4, -0.2) is 99.2 Å². The van der Waals surface area contributed by atoms with Crippen LogP contribution < -0.4 is 0 Å². The number of hydrogen-bond acceptors (Lipinski definition) is 14. The van der Waals surface area contributed by atoms with Crippen LogP contribution >= 0.6 is 0 Å². The molecule has 16 rings (SSSR count). The number of carbonyl (C=O) groups is 4. The second-order valence-electron chi connectivity index (χ2n) is 31.7. The van der Waals surface area contributed by atoms with E-state index in [0.29, 0.717) is 98.5 Å². The second-order valence-corrected chi connectivity index (χ2v) is 39.3. The molecule has 0 unspecified atom stereocenters. The van der Waals surface area contributed by atoms with Crippen LogP contribution in [0.25, 0.3) is 54.7 Å². The van der Waals surface area contributed by atoms with Crippen LogP contribution in [0.4, 0.5) is 11.4 Å². The van der Waals surface area contributed by atoms with E-state index in [1.165, 1.54) is 0 Å². The SMILES string of the molecule is CCOC(=O)Cn1c(-c2ccccc2)cc(Cc2ccccc2S(=O)(=O)c2ccccc2)c1C.CCOC(=O)Cn1c(C)cc(Cc2ccccc2S(=O)(=O)c2ccccc2)c1-c1ccccc1.[C-]#[N+]c1c(Cc2ccccc2S(=O)(=O)c2ccccc2)c(-c2ccccc2)n(CC(=O)O)c1C.[C-]#[N+]c1c(Cc2ccccc2S(=O)(=O)c2ccccc2)c(C)n(CC(=O)O)c1-c1ccccc1. The lowest BCUT2D eigenvalue weighted by molar-refractivity contribution is -0.144. The number of carboxylic acid groups (broad SMARTS) is 2. The molecule has 0 saturated carbocycles. The fourth-order valence-corrected chi connectivity index (χ4v) is 22.7. The van der Waals surface area contributed by atoms with Crippen molar-refractivity contribution in [1.29, 1.82) is 0 Å². The highest BCUT2D eigenvalue weighted by molar-refractivity contribution is 7.92. The monoisotopic (exact) mass is 1890 g/mol. The number of nitrogens with zero attached hydrogens (tertiary/aromatic N) is 6. The van der Waals surface area contributed by atoms with E-state index in [0.717, 1.165) is 56.2 Å². The number of ether oxygens (including phenoxy) is 2. The third-order valence-corrected chi connectivity index (χ3v) is 30.5. The molecule has 0 aliphatic carbocycles. The van der Waals surface area contributed by atoms with E-state index in [1.807, 2.05) is 181 Å². The van der Waals surface area contributed by atoms with E-state index in [-0.39, 0.29) is 85.2 Å². The van der Waals surface area contributed by atoms with Gasteiger partial charge in [-0.15, -0.1) is 0 Å². The fourth-order valence-electron chi connectivity index (χ4n) is 16.7. The minimum atomic E-state index is -3.79. The molecule has 0 aliphatic heterocycles. The Bertz CT molecular complexity index is 7560. The van der Waals surface area contributed by atoms with Crippen molar-refractivity contribution in [2.45, 2.75) is 133 Å². The molecule has 0 amide bonds. The molecule has 12 aromatic carbocycles. The first-order chi connectivity index (χ1) is 65.5. The third-order valence-electron chi connectivity index (χ3n) is 23.0. The number of rotatable bonds is 30. The Kier molecular flexibility index (Phi) is 31.9. The Balaban J connectivity index is 0.000000153. The average Bonchev–Trinajstić information content (AvgIpc) is 1.64. The van der Waals surface area contributed by atoms with Gasteiger partial charge in [0.2, 0.25) is 50.7 Å². The fraction of sp³-hybridized carbons (Fsp3) is 0.145. The van der Waals surface area contributed by atoms with Crippen LogP contribution in [0.3, 0.4) is 0 Å². The zero-order chi connectivity index (χ0) is 96.9. The van der Waals surface area contributed by atoms with E-state index in [2.05, 4.69) is 9.69 Å². The molecule has 4 aromatic heterocycles. The molecule has 0 fully saturated rings. The topological polar surface area (TPSA) is 292 Å². The van der Waals surface area contributed by atoms with Crippen molar-refractivity contribution in [2.24, 2.45) is 0 Å². The van der Waals surface area contributed by atoms with Crippen molar-refractivity contribution in [2.75, 3.05) is 13.2 Å². The van der Waals surface area contributed by atoms with E-state index < -0.39 is 51.3 Å². The smallest absolute Gasteiger partial charge is 0.325 e. The molecule has 2 N–H and O–H groups in total. The lowest BCUT2D eigenvalue weighted by atomic mass is 10.00. The van der Waals surface area contributed by atoms with Gasteiger partial charge in [0.15, 0.2) is 0 Å². The molecule has 688 valence electrons. The predicted octanol–water partition coefficient (Wildman–Crippen LogP) is 21.9. The molecule has 16 aromatic rings. The molecule has 0 bridgehead atoms. The van der Waals surface area contributed by atoms with Crippen molar-refractivity contribution < 1.29 is 72.5 Å². The van der Waals surface area contributed by atoms with Gasteiger partial charge in [-0.3, -0.25) is 19.2 Å². The maximum Gasteiger partial charge on any atom is 0.325 e. The molecule has 4 heterocycles. The standard InChI is InChI=1S/2C28H27NO4S.2C27H22N2O4S/c1-3-33-28(30)20-29-21(2)24(19-26(29)22-12-6-4-7-13-22)18-23-14-10-11-17-27(23)34(31,32)25-15-8-5-9-16-25;1-3-33-27(30)20-29-21(2)18-24(28(29)22-12-6-4-7-13-22)19-23-14-10-11-17-26(23)34(31,32)25-15-8-5-9-16-25;1-19-26(28-2)23(27(29(19)18-25(30)31)20-11-5-3-6-12-20)17-21-13-9-10-16-24(21)34(32,33)22-14-7-4-8-15-22;1-19-23(26(28-2)27(29(19)18-25(30)31)20-11-5-3-6-12-20)17-21-13-9-10-16-24(21)34(32,33)22-14-7-4-8-15-22/h4-17,19H,3,18,20H2,1-2H3;4-18H,3,19-20H2,1-2H3;2*3-16H,17-18H2,1H3,(H,30,31). The number of carboxylic acids is 2. The van der Waals surface area contributed by atoms with Crippen molar-refractivity contribution in [3.8, 4) is 45.0 Å². The molecule has 26 heteroatoms. The summed E-state index contributed by atoms with van der Waals surface area (Å²) in [4.78, 5) is 57.3. The Hall–Kier alpha value is -15.6. The number of benzene rings is 12. The van der Waals surface area contributed by atoms with Gasteiger partial charge in [-0.25, -0.2) is 43.4 Å². The number of aliphatic carboxylic acids is 2. The quantitative estimate of drug-likeness (QED) is 0.0312. The van der Waals surface area contributed by atoms with Gasteiger partial charge in [0.25, 0.3) is 0 Å². The van der Waals surface area contributed by atoms with Crippen LogP contribution in [0.15, 0.2) is 391 Å². The van der Waals surface area contributed by atoms with Crippen molar-refractivity contribution in [1.82, 2.24) is 18.3 Å². The Morgan fingerprint density at radius 2 is 0.588 bits per heavy atom. The highest BCUT2D eigenvalue weighted by Gasteiger charge is 2.32. The summed E-state index contributed by atoms with van der Waals surface area (Å²) in [6, 6.07) is 103. The number of esters is 2. The molecule has 136 heavy (non-hydrogen) atoms. The highest BCUT2D eigenvalue weighted by Crippen LogP contribution is 2.44. The summed E-state index contributed by atoms with van der Waals surface area (Å²) in [5, 5.41) is 19.0. The molecule has 0 spiro atoms. The maximum absolute atomic E-state index is 13.4. The van der Waals surface area contributed by atoms with E-state index in [1.54, 1.807) is 231 Å². The summed E-state index contributed by atoms with van der Waals surface area (Å²) in [6.45, 7) is 26.9. The summed E-state index contributed by atoms with van der Waals surface area (Å²) in [5.41, 5.74) is 15.6. The van der Waals surface area contributed by atoms with Crippen molar-refractivity contribution in [3.05, 3.63) is 442 Å². The minimum absolute atomic E-state index is 0.0911. The van der Waals surface area contributed by atoms with Crippen LogP contribution in [0.1, 0.15) is 81.1 Å². The number of hydrogen-bond donors (Lipinski definition) is 2. The maximum atomic E-state index is 13.4. The Morgan fingerprint density at radius 3 is 0.941 bits per heavy atom. The number of sulfone groups is 4. The van der Waals surface area contributed by atoms with Crippen LogP contribution in [0.2, 0.25) is 0 Å². The summed E-state index contributed by atoms with van der Waals surface area (Å²) >= 11 is 0. The third kappa shape index (κ3) is 22.3. The van der Waals surface area contributed by atoms with Gasteiger partial charge in [-0.2, -0.15) is 0 Å². The second kappa shape index (κ2) is 44.3. The number of aryl methyl sites for hydroxylation is 1. The average molecular weight is 1890 g/mol. The van der Waals surface area contributed by atoms with Gasteiger partial charge < -0.3 is 38.0 Å². The molecule has 22 nitrogen and oxygen atoms in total. The first kappa shape index (κ1) is 97.9. The van der Waals surface area contributed by atoms with Gasteiger partial charge in [0, 0.05) is 47.0 Å². The lowest BCUT2D eigenvalue weighted by Crippen LogP contribution is -2.15. The van der Waals surface area contributed by atoms with E-state index in [4.69, 9.17) is 22.6 Å². The Labute approximate surface area is 792 Å². The van der Waals surface area contributed by atoms with Crippen molar-refractivity contribution in [3.63, 3.8) is 0 Å². The van der Waals surface area contributed by atoms with Gasteiger partial charge in [-0.1, -0.05) is 267 Å². The van der Waals surface area contributed by atoms with Crippen LogP contribution in [0.5, 0.6) is 0 Å². The summed E-state index contributed by atoms with van der Waals surface area (Å²) in [7, 11) is -14.9. The molecular formula is C110H98N6O16S4. The van der Waals surface area contributed by atoms with Gasteiger partial charge in [0.1, 0.15) is 26.2 Å². The van der Waals surface area contributed by atoms with Crippen molar-refractivity contribution >= 4 is 74.6 Å². The highest BCUT2D eigenvalue weighted by atomic mass is 32.2. The summed E-state index contributed by atoms with van der Waals surface area (Å²) in [5.74, 6) is -2.66. The normalized spacial score (nSPS) is 11.3. The van der Waals surface area contributed by atoms with Gasteiger partial charge in [-0.05, 0) is 206 Å². The summed E-state index contributed by atoms with van der Waals surface area (Å²) in [6.07, 6.45) is 1.17.